The third-order valence-electron chi connectivity index (χ3n) is 3.94. The largest absolute Gasteiger partial charge is 0.374 e. The Morgan fingerprint density at radius 2 is 1.95 bits per heavy atom. The van der Waals surface area contributed by atoms with Gasteiger partial charge in [0.1, 0.15) is 0 Å². The minimum absolute atomic E-state index is 0.126. The summed E-state index contributed by atoms with van der Waals surface area (Å²) in [5, 5.41) is 3.68. The highest BCUT2D eigenvalue weighted by Crippen LogP contribution is 2.26. The van der Waals surface area contributed by atoms with Gasteiger partial charge in [-0.1, -0.05) is 48.0 Å². The first-order valence-electron chi connectivity index (χ1n) is 7.68. The van der Waals surface area contributed by atoms with E-state index in [9.17, 15) is 0 Å². The molecule has 0 saturated heterocycles. The lowest BCUT2D eigenvalue weighted by Gasteiger charge is -2.38. The van der Waals surface area contributed by atoms with E-state index < -0.39 is 0 Å². The first-order chi connectivity index (χ1) is 9.57. The van der Waals surface area contributed by atoms with Gasteiger partial charge in [0.2, 0.25) is 0 Å². The third-order valence-corrected chi connectivity index (χ3v) is 4.71. The molecule has 0 aliphatic carbocycles. The van der Waals surface area contributed by atoms with Gasteiger partial charge in [-0.25, -0.2) is 0 Å². The number of nitrogens with one attached hydrogen (secondary N) is 1. The molecule has 1 rings (SSSR count). The topological polar surface area (TPSA) is 21.3 Å². The number of rotatable bonds is 9. The zero-order chi connectivity index (χ0) is 15.0. The Morgan fingerprint density at radius 3 is 2.50 bits per heavy atom. The molecule has 0 aromatic heterocycles. The van der Waals surface area contributed by atoms with E-state index in [1.54, 1.807) is 0 Å². The average molecular weight is 342 g/mol. The summed E-state index contributed by atoms with van der Waals surface area (Å²) < 4.78 is 7.25. The molecule has 1 aromatic rings. The van der Waals surface area contributed by atoms with E-state index >= 15 is 0 Å². The summed E-state index contributed by atoms with van der Waals surface area (Å²) in [7, 11) is 0. The minimum atomic E-state index is -0.126. The fourth-order valence-corrected chi connectivity index (χ4v) is 2.93. The Balaban J connectivity index is 2.91. The minimum Gasteiger partial charge on any atom is -0.374 e. The van der Waals surface area contributed by atoms with Crippen molar-refractivity contribution in [3.8, 4) is 0 Å². The van der Waals surface area contributed by atoms with Crippen LogP contribution in [0.3, 0.4) is 0 Å². The average Bonchev–Trinajstić information content (AvgIpc) is 2.45. The molecule has 20 heavy (non-hydrogen) atoms. The zero-order valence-corrected chi connectivity index (χ0v) is 14.8. The molecule has 0 aliphatic rings. The van der Waals surface area contributed by atoms with Crippen molar-refractivity contribution in [1.82, 2.24) is 5.32 Å². The van der Waals surface area contributed by atoms with Crippen LogP contribution >= 0.6 is 15.9 Å². The normalized spacial score (nSPS) is 15.8. The lowest BCUT2D eigenvalue weighted by Crippen LogP contribution is -2.52. The van der Waals surface area contributed by atoms with Gasteiger partial charge >= 0.3 is 0 Å². The molecule has 1 aromatic carbocycles. The molecular weight excluding hydrogens is 314 g/mol. The van der Waals surface area contributed by atoms with E-state index in [0.29, 0.717) is 6.04 Å². The fraction of sp³-hybridized carbons (Fsp3) is 0.647. The van der Waals surface area contributed by atoms with Gasteiger partial charge in [-0.2, -0.15) is 0 Å². The van der Waals surface area contributed by atoms with E-state index in [-0.39, 0.29) is 5.60 Å². The molecule has 0 heterocycles. The highest BCUT2D eigenvalue weighted by molar-refractivity contribution is 9.10. The van der Waals surface area contributed by atoms with Crippen molar-refractivity contribution in [2.45, 2.75) is 58.6 Å². The quantitative estimate of drug-likeness (QED) is 0.710. The predicted molar refractivity (Wildman–Crippen MR) is 90.2 cm³/mol. The van der Waals surface area contributed by atoms with E-state index in [1.807, 2.05) is 0 Å². The van der Waals surface area contributed by atoms with Crippen LogP contribution < -0.4 is 5.32 Å². The fourth-order valence-electron chi connectivity index (χ4n) is 2.49. The maximum Gasteiger partial charge on any atom is 0.0807 e. The van der Waals surface area contributed by atoms with E-state index in [2.05, 4.69) is 73.2 Å². The molecule has 114 valence electrons. The number of ether oxygens (including phenoxy) is 1. The second-order valence-electron chi connectivity index (χ2n) is 5.40. The Bertz CT molecular complexity index is 396. The van der Waals surface area contributed by atoms with Gasteiger partial charge < -0.3 is 10.1 Å². The van der Waals surface area contributed by atoms with E-state index in [1.165, 1.54) is 10.0 Å². The standard InChI is InChI=1S/C17H28BrNO/c1-5-12-19-16(17(4,6-2)20-7-3)13-14-10-8-9-11-15(14)18/h8-11,16,19H,5-7,12-13H2,1-4H3. The molecule has 2 unspecified atom stereocenters. The van der Waals surface area contributed by atoms with Crippen molar-refractivity contribution < 1.29 is 4.74 Å². The first kappa shape index (κ1) is 17.7. The maximum absolute atomic E-state index is 6.07. The van der Waals surface area contributed by atoms with Crippen molar-refractivity contribution in [3.63, 3.8) is 0 Å². The molecule has 0 saturated carbocycles. The molecule has 0 spiro atoms. The molecule has 1 N–H and O–H groups in total. The number of hydrogen-bond acceptors (Lipinski definition) is 2. The summed E-state index contributed by atoms with van der Waals surface area (Å²) >= 11 is 3.65. The van der Waals surface area contributed by atoms with Crippen molar-refractivity contribution in [1.29, 1.82) is 0 Å². The monoisotopic (exact) mass is 341 g/mol. The van der Waals surface area contributed by atoms with Crippen LogP contribution in [0.2, 0.25) is 0 Å². The van der Waals surface area contributed by atoms with Crippen molar-refractivity contribution >= 4 is 15.9 Å². The van der Waals surface area contributed by atoms with Gasteiger partial charge in [0.25, 0.3) is 0 Å². The Morgan fingerprint density at radius 1 is 1.25 bits per heavy atom. The van der Waals surface area contributed by atoms with Crippen molar-refractivity contribution in [2.24, 2.45) is 0 Å². The zero-order valence-electron chi connectivity index (χ0n) is 13.2. The summed E-state index contributed by atoms with van der Waals surface area (Å²) in [5.74, 6) is 0. The van der Waals surface area contributed by atoms with Crippen LogP contribution in [0.1, 0.15) is 46.1 Å². The second kappa shape index (κ2) is 8.81. The molecule has 0 aliphatic heterocycles. The summed E-state index contributed by atoms with van der Waals surface area (Å²) in [6.45, 7) is 10.5. The maximum atomic E-state index is 6.07. The van der Waals surface area contributed by atoms with Crippen LogP contribution in [-0.4, -0.2) is 24.8 Å². The first-order valence-corrected chi connectivity index (χ1v) is 8.47. The third kappa shape index (κ3) is 4.87. The summed E-state index contributed by atoms with van der Waals surface area (Å²) in [6, 6.07) is 8.78. The Labute approximate surface area is 132 Å². The van der Waals surface area contributed by atoms with Crippen LogP contribution in [0.5, 0.6) is 0 Å². The van der Waals surface area contributed by atoms with Crippen LogP contribution in [0.25, 0.3) is 0 Å². The van der Waals surface area contributed by atoms with Crippen LogP contribution in [0.4, 0.5) is 0 Å². The molecular formula is C17H28BrNO. The highest BCUT2D eigenvalue weighted by Gasteiger charge is 2.33. The Kier molecular flexibility index (Phi) is 7.78. The molecule has 0 fully saturated rings. The van der Waals surface area contributed by atoms with Gasteiger partial charge in [0.15, 0.2) is 0 Å². The van der Waals surface area contributed by atoms with Crippen LogP contribution in [-0.2, 0) is 11.2 Å². The van der Waals surface area contributed by atoms with Crippen molar-refractivity contribution in [3.05, 3.63) is 34.3 Å². The summed E-state index contributed by atoms with van der Waals surface area (Å²) in [4.78, 5) is 0. The van der Waals surface area contributed by atoms with E-state index in [0.717, 1.165) is 32.4 Å². The molecule has 0 radical (unpaired) electrons. The lowest BCUT2D eigenvalue weighted by molar-refractivity contribution is -0.0550. The summed E-state index contributed by atoms with van der Waals surface area (Å²) in [6.07, 6.45) is 3.12. The number of benzene rings is 1. The van der Waals surface area contributed by atoms with Gasteiger partial charge in [-0.05, 0) is 51.3 Å². The molecule has 0 bridgehead atoms. The van der Waals surface area contributed by atoms with Gasteiger partial charge in [-0.3, -0.25) is 0 Å². The molecule has 2 nitrogen and oxygen atoms in total. The predicted octanol–water partition coefficient (Wildman–Crippen LogP) is 4.57. The van der Waals surface area contributed by atoms with Gasteiger partial charge in [-0.15, -0.1) is 0 Å². The van der Waals surface area contributed by atoms with Crippen LogP contribution in [0.15, 0.2) is 28.7 Å². The van der Waals surface area contributed by atoms with E-state index in [4.69, 9.17) is 4.74 Å². The molecule has 3 heteroatoms. The lowest BCUT2D eigenvalue weighted by atomic mass is 9.88. The molecule has 0 amide bonds. The molecule has 2 atom stereocenters. The summed E-state index contributed by atoms with van der Waals surface area (Å²) in [5.41, 5.74) is 1.21. The number of hydrogen-bond donors (Lipinski definition) is 1. The second-order valence-corrected chi connectivity index (χ2v) is 6.26. The number of halogens is 1. The Hall–Kier alpha value is -0.380. The van der Waals surface area contributed by atoms with Gasteiger partial charge in [0.05, 0.1) is 5.60 Å². The van der Waals surface area contributed by atoms with Gasteiger partial charge in [0, 0.05) is 17.1 Å². The van der Waals surface area contributed by atoms with Crippen LogP contribution in [0, 0.1) is 0 Å². The smallest absolute Gasteiger partial charge is 0.0807 e. The SMILES string of the molecule is CCCNC(Cc1ccccc1Br)C(C)(CC)OCC. The van der Waals surface area contributed by atoms with Crippen molar-refractivity contribution in [2.75, 3.05) is 13.2 Å². The highest BCUT2D eigenvalue weighted by atomic mass is 79.9.